The number of hydrogen-bond donors (Lipinski definition) is 0. The van der Waals surface area contributed by atoms with Crippen LogP contribution in [-0.4, -0.2) is 5.24 Å². The molecule has 0 saturated carbocycles. The molecule has 0 fully saturated rings. The Morgan fingerprint density at radius 2 is 2.00 bits per heavy atom. The van der Waals surface area contributed by atoms with Crippen LogP contribution >= 0.6 is 43.5 Å². The zero-order chi connectivity index (χ0) is 9.30. The van der Waals surface area contributed by atoms with Gasteiger partial charge in [-0.05, 0) is 55.6 Å². The van der Waals surface area contributed by atoms with Crippen LogP contribution in [0, 0.1) is 5.82 Å². The highest BCUT2D eigenvalue weighted by atomic mass is 79.9. The predicted octanol–water partition coefficient (Wildman–Crippen LogP) is 3.73. The first-order chi connectivity index (χ1) is 5.54. The Morgan fingerprint density at radius 3 is 2.50 bits per heavy atom. The van der Waals surface area contributed by atoms with Crippen molar-refractivity contribution in [2.45, 2.75) is 0 Å². The van der Waals surface area contributed by atoms with Gasteiger partial charge in [-0.2, -0.15) is 0 Å². The van der Waals surface area contributed by atoms with Crippen LogP contribution in [0.5, 0.6) is 0 Å². The quantitative estimate of drug-likeness (QED) is 0.570. The average molecular weight is 316 g/mol. The maximum Gasteiger partial charge on any atom is 0.253 e. The van der Waals surface area contributed by atoms with Gasteiger partial charge < -0.3 is 0 Å². The van der Waals surface area contributed by atoms with E-state index < -0.39 is 11.1 Å². The molecule has 1 aromatic rings. The maximum absolute atomic E-state index is 13.0. The lowest BCUT2D eigenvalue weighted by Gasteiger charge is -2.01. The number of benzene rings is 1. The lowest BCUT2D eigenvalue weighted by atomic mass is 10.2. The fraction of sp³-hybridized carbons (Fsp3) is 0. The van der Waals surface area contributed by atoms with E-state index in [9.17, 15) is 9.18 Å². The predicted molar refractivity (Wildman–Crippen MR) is 52.0 cm³/mol. The van der Waals surface area contributed by atoms with Crippen molar-refractivity contribution in [2.24, 2.45) is 0 Å². The number of carbonyl (C=O) groups excluding carboxylic acids is 1. The van der Waals surface area contributed by atoms with Crippen molar-refractivity contribution in [3.63, 3.8) is 0 Å². The summed E-state index contributed by atoms with van der Waals surface area (Å²) in [6, 6.07) is 2.86. The molecular formula is C7H2Br2ClFO. The molecule has 12 heavy (non-hydrogen) atoms. The zero-order valence-corrected chi connectivity index (χ0v) is 9.50. The first kappa shape index (κ1) is 10.2. The molecule has 0 N–H and O–H groups in total. The Kier molecular flexibility index (Phi) is 3.26. The summed E-state index contributed by atoms with van der Waals surface area (Å²) in [5.74, 6) is -0.526. The average Bonchev–Trinajstić information content (AvgIpc) is 2.00. The van der Waals surface area contributed by atoms with E-state index in [4.69, 9.17) is 11.6 Å². The van der Waals surface area contributed by atoms with Crippen molar-refractivity contribution in [3.05, 3.63) is 32.5 Å². The van der Waals surface area contributed by atoms with Gasteiger partial charge in [-0.25, -0.2) is 4.39 Å². The molecule has 1 aromatic carbocycles. The molecule has 0 aromatic heterocycles. The van der Waals surface area contributed by atoms with Crippen LogP contribution in [0.2, 0.25) is 0 Å². The Hall–Kier alpha value is 0.0700. The van der Waals surface area contributed by atoms with E-state index in [1.165, 1.54) is 12.1 Å². The normalized spacial score (nSPS) is 10.0. The van der Waals surface area contributed by atoms with Gasteiger partial charge in [-0.1, -0.05) is 0 Å². The monoisotopic (exact) mass is 314 g/mol. The van der Waals surface area contributed by atoms with Gasteiger partial charge in [0, 0.05) is 0 Å². The molecule has 0 amide bonds. The molecule has 0 saturated heterocycles. The highest BCUT2D eigenvalue weighted by Gasteiger charge is 2.13. The van der Waals surface area contributed by atoms with Crippen molar-refractivity contribution in [3.8, 4) is 0 Å². The molecule has 0 aliphatic carbocycles. The van der Waals surface area contributed by atoms with Crippen molar-refractivity contribution in [2.75, 3.05) is 0 Å². The number of halogens is 4. The van der Waals surface area contributed by atoms with Gasteiger partial charge in [0.2, 0.25) is 0 Å². The third kappa shape index (κ3) is 1.87. The Labute approximate surface area is 90.2 Å². The van der Waals surface area contributed by atoms with Crippen molar-refractivity contribution in [1.82, 2.24) is 0 Å². The summed E-state index contributed by atoms with van der Waals surface area (Å²) in [6.45, 7) is 0. The zero-order valence-electron chi connectivity index (χ0n) is 5.57. The van der Waals surface area contributed by atoms with E-state index in [0.717, 1.165) is 0 Å². The SMILES string of the molecule is O=C(Cl)c1ccc(Br)c(F)c1Br. The maximum atomic E-state index is 13.0. The van der Waals surface area contributed by atoms with Crippen molar-refractivity contribution >= 4 is 48.7 Å². The van der Waals surface area contributed by atoms with Gasteiger partial charge >= 0.3 is 0 Å². The van der Waals surface area contributed by atoms with Gasteiger partial charge in [-0.3, -0.25) is 4.79 Å². The summed E-state index contributed by atoms with van der Waals surface area (Å²) >= 11 is 11.1. The van der Waals surface area contributed by atoms with Crippen molar-refractivity contribution in [1.29, 1.82) is 0 Å². The first-order valence-corrected chi connectivity index (χ1v) is 4.83. The van der Waals surface area contributed by atoms with Crippen LogP contribution in [-0.2, 0) is 0 Å². The van der Waals surface area contributed by atoms with E-state index in [0.29, 0.717) is 0 Å². The summed E-state index contributed by atoms with van der Waals surface area (Å²) in [5.41, 5.74) is 0.123. The summed E-state index contributed by atoms with van der Waals surface area (Å²) in [5, 5.41) is -0.687. The highest BCUT2D eigenvalue weighted by molar-refractivity contribution is 9.11. The summed E-state index contributed by atoms with van der Waals surface area (Å²) < 4.78 is 13.4. The van der Waals surface area contributed by atoms with E-state index in [-0.39, 0.29) is 14.5 Å². The van der Waals surface area contributed by atoms with Gasteiger partial charge in [0.05, 0.1) is 14.5 Å². The molecule has 0 heterocycles. The topological polar surface area (TPSA) is 17.1 Å². The van der Waals surface area contributed by atoms with E-state index in [1.807, 2.05) is 0 Å². The second-order valence-electron chi connectivity index (χ2n) is 2.00. The van der Waals surface area contributed by atoms with Gasteiger partial charge in [-0.15, -0.1) is 0 Å². The lowest BCUT2D eigenvalue weighted by Crippen LogP contribution is -1.93. The van der Waals surface area contributed by atoms with Crippen molar-refractivity contribution < 1.29 is 9.18 Å². The number of rotatable bonds is 1. The number of hydrogen-bond acceptors (Lipinski definition) is 1. The Balaban J connectivity index is 3.36. The highest BCUT2D eigenvalue weighted by Crippen LogP contribution is 2.27. The lowest BCUT2D eigenvalue weighted by molar-refractivity contribution is 0.108. The minimum absolute atomic E-state index is 0.0804. The second-order valence-corrected chi connectivity index (χ2v) is 3.99. The fourth-order valence-electron chi connectivity index (χ4n) is 0.678. The molecule has 0 atom stereocenters. The van der Waals surface area contributed by atoms with Crippen LogP contribution in [0.25, 0.3) is 0 Å². The molecule has 0 bridgehead atoms. The van der Waals surface area contributed by atoms with Gasteiger partial charge in [0.1, 0.15) is 0 Å². The van der Waals surface area contributed by atoms with Crippen LogP contribution in [0.3, 0.4) is 0 Å². The van der Waals surface area contributed by atoms with Crippen LogP contribution in [0.15, 0.2) is 21.1 Å². The second kappa shape index (κ2) is 3.85. The van der Waals surface area contributed by atoms with Crippen LogP contribution in [0.4, 0.5) is 4.39 Å². The summed E-state index contributed by atoms with van der Waals surface area (Å²) in [7, 11) is 0. The molecule has 1 nitrogen and oxygen atoms in total. The van der Waals surface area contributed by atoms with E-state index in [2.05, 4.69) is 31.9 Å². The molecule has 0 radical (unpaired) electrons. The first-order valence-electron chi connectivity index (χ1n) is 2.87. The molecule has 0 aliphatic rings. The largest absolute Gasteiger partial charge is 0.276 e. The third-order valence-corrected chi connectivity index (χ3v) is 2.84. The fourth-order valence-corrected chi connectivity index (χ4v) is 2.07. The summed E-state index contributed by atoms with van der Waals surface area (Å²) in [4.78, 5) is 10.7. The van der Waals surface area contributed by atoms with Gasteiger partial charge in [0.25, 0.3) is 5.24 Å². The minimum Gasteiger partial charge on any atom is -0.276 e. The molecule has 5 heteroatoms. The summed E-state index contributed by atoms with van der Waals surface area (Å²) in [6.07, 6.45) is 0. The molecule has 1 rings (SSSR count). The Bertz CT molecular complexity index is 340. The standard InChI is InChI=1S/C7H2Br2ClFO/c8-4-2-1-3(7(10)12)5(9)6(4)11/h1-2H. The number of carbonyl (C=O) groups is 1. The molecule has 0 aliphatic heterocycles. The molecule has 0 unspecified atom stereocenters. The minimum atomic E-state index is -0.687. The third-order valence-electron chi connectivity index (χ3n) is 1.25. The Morgan fingerprint density at radius 1 is 1.42 bits per heavy atom. The van der Waals surface area contributed by atoms with Crippen LogP contribution < -0.4 is 0 Å². The van der Waals surface area contributed by atoms with Crippen LogP contribution in [0.1, 0.15) is 10.4 Å². The molecule has 0 spiro atoms. The van der Waals surface area contributed by atoms with Gasteiger partial charge in [0.15, 0.2) is 5.82 Å². The molecular weight excluding hydrogens is 314 g/mol. The molecule has 64 valence electrons. The smallest absolute Gasteiger partial charge is 0.253 e. The van der Waals surface area contributed by atoms with E-state index in [1.54, 1.807) is 0 Å². The van der Waals surface area contributed by atoms with E-state index >= 15 is 0 Å².